The zero-order chi connectivity index (χ0) is 4.83. The summed E-state index contributed by atoms with van der Waals surface area (Å²) in [6.45, 7) is 0.521. The zero-order valence-corrected chi connectivity index (χ0v) is 3.44. The molecule has 2 nitrogen and oxygen atoms in total. The molecule has 0 atom stereocenters. The molecule has 0 saturated heterocycles. The molecule has 34 valence electrons. The van der Waals surface area contributed by atoms with Gasteiger partial charge in [0.05, 0.1) is 0 Å². The van der Waals surface area contributed by atoms with E-state index in [0.717, 1.165) is 0 Å². The fourth-order valence-electron chi connectivity index (χ4n) is 0.128. The molecule has 3 N–H and O–H groups in total. The lowest BCUT2D eigenvalue weighted by molar-refractivity contribution is 0.516. The van der Waals surface area contributed by atoms with Crippen LogP contribution in [0.2, 0.25) is 0 Å². The van der Waals surface area contributed by atoms with Crippen molar-refractivity contribution in [3.63, 3.8) is 0 Å². The van der Waals surface area contributed by atoms with Crippen LogP contribution in [0.25, 0.3) is 0 Å². The first-order chi connectivity index (χ1) is 2.91. The molecule has 0 aliphatic heterocycles. The van der Waals surface area contributed by atoms with Gasteiger partial charge in [-0.1, -0.05) is 5.92 Å². The topological polar surface area (TPSA) is 46.2 Å². The Labute approximate surface area is 37.0 Å². The average Bonchev–Trinajstić information content (AvgIpc) is 1.61. The molecule has 0 saturated carbocycles. The average molecular weight is 85.1 g/mol. The Balaban J connectivity index is 2.79. The lowest BCUT2D eigenvalue weighted by Gasteiger charge is -1.72. The van der Waals surface area contributed by atoms with Gasteiger partial charge in [-0.2, -0.15) is 0 Å². The van der Waals surface area contributed by atoms with E-state index in [2.05, 4.69) is 5.92 Å². The SMILES string of the molecule is NCCC#CO. The maximum atomic E-state index is 7.78. The Kier molecular flexibility index (Phi) is 3.83. The van der Waals surface area contributed by atoms with E-state index in [4.69, 9.17) is 10.8 Å². The van der Waals surface area contributed by atoms with Crippen LogP contribution in [0.4, 0.5) is 0 Å². The van der Waals surface area contributed by atoms with Crippen LogP contribution in [0.5, 0.6) is 0 Å². The van der Waals surface area contributed by atoms with E-state index in [-0.39, 0.29) is 0 Å². The van der Waals surface area contributed by atoms with Crippen molar-refractivity contribution in [2.24, 2.45) is 5.73 Å². The van der Waals surface area contributed by atoms with Crippen LogP contribution in [-0.2, 0) is 0 Å². The van der Waals surface area contributed by atoms with E-state index >= 15 is 0 Å². The predicted molar refractivity (Wildman–Crippen MR) is 23.4 cm³/mol. The van der Waals surface area contributed by atoms with Gasteiger partial charge in [0.25, 0.3) is 0 Å². The smallest absolute Gasteiger partial charge is 0.107 e. The highest BCUT2D eigenvalue weighted by atomic mass is 16.2. The lowest BCUT2D eigenvalue weighted by atomic mass is 10.5. The number of hydrogen-bond acceptors (Lipinski definition) is 2. The first-order valence-corrected chi connectivity index (χ1v) is 1.74. The molecule has 0 heterocycles. The van der Waals surface area contributed by atoms with Crippen molar-refractivity contribution >= 4 is 0 Å². The molecule has 0 aromatic heterocycles. The van der Waals surface area contributed by atoms with Gasteiger partial charge in [-0.3, -0.25) is 0 Å². The second-order valence-electron chi connectivity index (χ2n) is 0.827. The molecular formula is C4H7NO. The molecule has 0 aliphatic carbocycles. The number of rotatable bonds is 1. The van der Waals surface area contributed by atoms with Gasteiger partial charge < -0.3 is 10.8 Å². The van der Waals surface area contributed by atoms with Crippen LogP contribution in [0.3, 0.4) is 0 Å². The molecule has 0 rings (SSSR count). The highest BCUT2D eigenvalue weighted by molar-refractivity contribution is 4.89. The van der Waals surface area contributed by atoms with Gasteiger partial charge in [0.15, 0.2) is 0 Å². The molecule has 0 amide bonds. The van der Waals surface area contributed by atoms with Crippen LogP contribution < -0.4 is 5.73 Å². The third-order valence-electron chi connectivity index (χ3n) is 0.348. The molecular weight excluding hydrogens is 78.0 g/mol. The summed E-state index contributed by atoms with van der Waals surface area (Å²) in [5, 5.41) is 7.78. The normalized spacial score (nSPS) is 6.17. The minimum atomic E-state index is 0.521. The molecule has 0 spiro atoms. The molecule has 0 unspecified atom stereocenters. The van der Waals surface area contributed by atoms with Crippen molar-refractivity contribution in [3.05, 3.63) is 0 Å². The molecule has 0 aromatic rings. The summed E-state index contributed by atoms with van der Waals surface area (Å²) in [5.41, 5.74) is 5.00. The van der Waals surface area contributed by atoms with Crippen LogP contribution >= 0.6 is 0 Å². The van der Waals surface area contributed by atoms with Crippen molar-refractivity contribution in [1.82, 2.24) is 0 Å². The van der Waals surface area contributed by atoms with Crippen LogP contribution in [0, 0.1) is 12.0 Å². The first kappa shape index (κ1) is 5.32. The van der Waals surface area contributed by atoms with E-state index in [9.17, 15) is 0 Å². The van der Waals surface area contributed by atoms with Gasteiger partial charge in [0, 0.05) is 13.0 Å². The first-order valence-electron chi connectivity index (χ1n) is 1.74. The fraction of sp³-hybridized carbons (Fsp3) is 0.500. The molecule has 0 aliphatic rings. The summed E-state index contributed by atoms with van der Waals surface area (Å²) in [4.78, 5) is 0. The van der Waals surface area contributed by atoms with Crippen LogP contribution in [0.1, 0.15) is 6.42 Å². The van der Waals surface area contributed by atoms with Gasteiger partial charge in [0.2, 0.25) is 0 Å². The van der Waals surface area contributed by atoms with Gasteiger partial charge >= 0.3 is 0 Å². The quantitative estimate of drug-likeness (QED) is 0.428. The monoisotopic (exact) mass is 85.1 g/mol. The Hall–Kier alpha value is -0.680. The van der Waals surface area contributed by atoms with E-state index in [1.54, 1.807) is 6.11 Å². The van der Waals surface area contributed by atoms with Gasteiger partial charge in [-0.15, -0.1) is 0 Å². The third kappa shape index (κ3) is 3.32. The maximum Gasteiger partial charge on any atom is 0.107 e. The number of hydrogen-bond donors (Lipinski definition) is 2. The Bertz CT molecular complexity index is 69.4. The molecule has 6 heavy (non-hydrogen) atoms. The third-order valence-corrected chi connectivity index (χ3v) is 0.348. The van der Waals surface area contributed by atoms with E-state index in [1.165, 1.54) is 0 Å². The van der Waals surface area contributed by atoms with Crippen molar-refractivity contribution in [1.29, 1.82) is 0 Å². The Morgan fingerprint density at radius 1 is 1.67 bits per heavy atom. The highest BCUT2D eigenvalue weighted by Gasteiger charge is 1.64. The molecule has 0 aromatic carbocycles. The van der Waals surface area contributed by atoms with Crippen molar-refractivity contribution in [2.75, 3.05) is 6.54 Å². The van der Waals surface area contributed by atoms with Crippen LogP contribution in [0.15, 0.2) is 0 Å². The summed E-state index contributed by atoms with van der Waals surface area (Å²) < 4.78 is 0. The fourth-order valence-corrected chi connectivity index (χ4v) is 0.128. The number of nitrogens with two attached hydrogens (primary N) is 1. The Morgan fingerprint density at radius 2 is 2.33 bits per heavy atom. The van der Waals surface area contributed by atoms with Gasteiger partial charge in [-0.05, 0) is 0 Å². The summed E-state index contributed by atoms with van der Waals surface area (Å²) in [5.74, 6) is 2.38. The van der Waals surface area contributed by atoms with Crippen molar-refractivity contribution in [3.8, 4) is 12.0 Å². The second-order valence-corrected chi connectivity index (χ2v) is 0.827. The maximum absolute atomic E-state index is 7.78. The largest absolute Gasteiger partial charge is 0.462 e. The minimum absolute atomic E-state index is 0.521. The van der Waals surface area contributed by atoms with Gasteiger partial charge in [0.1, 0.15) is 6.11 Å². The van der Waals surface area contributed by atoms with Gasteiger partial charge in [-0.25, -0.2) is 0 Å². The Morgan fingerprint density at radius 3 is 2.50 bits per heavy atom. The molecule has 2 heteroatoms. The number of aliphatic hydroxyl groups excluding tert-OH is 1. The lowest BCUT2D eigenvalue weighted by Crippen LogP contribution is -1.95. The summed E-state index contributed by atoms with van der Waals surface area (Å²) >= 11 is 0. The molecule has 0 bridgehead atoms. The predicted octanol–water partition coefficient (Wildman–Crippen LogP) is -0.331. The molecule has 0 fully saturated rings. The van der Waals surface area contributed by atoms with Crippen molar-refractivity contribution in [2.45, 2.75) is 6.42 Å². The highest BCUT2D eigenvalue weighted by Crippen LogP contribution is 1.61. The minimum Gasteiger partial charge on any atom is -0.462 e. The number of aliphatic hydroxyl groups is 1. The van der Waals surface area contributed by atoms with Crippen LogP contribution in [-0.4, -0.2) is 11.7 Å². The zero-order valence-electron chi connectivity index (χ0n) is 3.44. The van der Waals surface area contributed by atoms with E-state index < -0.39 is 0 Å². The molecule has 0 radical (unpaired) electrons. The summed E-state index contributed by atoms with van der Waals surface area (Å²) in [6.07, 6.45) is 2.32. The van der Waals surface area contributed by atoms with Crippen molar-refractivity contribution < 1.29 is 5.11 Å². The summed E-state index contributed by atoms with van der Waals surface area (Å²) in [6, 6.07) is 0. The summed E-state index contributed by atoms with van der Waals surface area (Å²) in [7, 11) is 0. The van der Waals surface area contributed by atoms with E-state index in [0.29, 0.717) is 13.0 Å². The van der Waals surface area contributed by atoms with E-state index in [1.807, 2.05) is 0 Å². The second kappa shape index (κ2) is 4.32. The standard InChI is InChI=1S/C4H7NO/c5-3-1-2-4-6/h6H,1,3,5H2.